The molecule has 148 valence electrons. The average Bonchev–Trinajstić information content (AvgIpc) is 3.14. The second-order valence-electron chi connectivity index (χ2n) is 7.96. The van der Waals surface area contributed by atoms with Crippen molar-refractivity contribution in [3.8, 4) is 0 Å². The lowest BCUT2D eigenvalue weighted by atomic mass is 10.1. The van der Waals surface area contributed by atoms with E-state index >= 15 is 0 Å². The molecule has 0 radical (unpaired) electrons. The minimum Gasteiger partial charge on any atom is -0.372 e. The van der Waals surface area contributed by atoms with Crippen molar-refractivity contribution in [2.45, 2.75) is 57.4 Å². The molecule has 4 rings (SSSR count). The van der Waals surface area contributed by atoms with E-state index in [-0.39, 0.29) is 5.91 Å². The van der Waals surface area contributed by atoms with Crippen molar-refractivity contribution in [1.29, 1.82) is 0 Å². The maximum absolute atomic E-state index is 12.5. The molecule has 1 aromatic carbocycles. The standard InChI is InChI=1S/C23H30N4O/c28-23(26-19-7-3-1-2-4-8-19)18-9-14-22(24-17-18)25-20-10-12-21(13-11-20)27-15-5-6-16-27/h9-14,17,19H,1-8,15-16H2,(H,24,25)(H,26,28). The summed E-state index contributed by atoms with van der Waals surface area (Å²) in [4.78, 5) is 19.3. The first-order valence-corrected chi connectivity index (χ1v) is 10.7. The molecule has 0 atom stereocenters. The summed E-state index contributed by atoms with van der Waals surface area (Å²) in [5, 5.41) is 6.49. The summed E-state index contributed by atoms with van der Waals surface area (Å²) in [6.07, 6.45) is 11.4. The van der Waals surface area contributed by atoms with Crippen molar-refractivity contribution >= 4 is 23.1 Å². The van der Waals surface area contributed by atoms with Crippen LogP contribution in [-0.4, -0.2) is 30.0 Å². The number of rotatable bonds is 5. The van der Waals surface area contributed by atoms with Gasteiger partial charge in [0.25, 0.3) is 5.91 Å². The number of carbonyl (C=O) groups is 1. The van der Waals surface area contributed by atoms with E-state index in [1.807, 2.05) is 12.1 Å². The number of pyridine rings is 1. The van der Waals surface area contributed by atoms with Gasteiger partial charge in [0.15, 0.2) is 0 Å². The normalized spacial score (nSPS) is 17.9. The monoisotopic (exact) mass is 378 g/mol. The van der Waals surface area contributed by atoms with Gasteiger partial charge in [-0.2, -0.15) is 0 Å². The molecular weight excluding hydrogens is 348 g/mol. The summed E-state index contributed by atoms with van der Waals surface area (Å²) in [5.74, 6) is 0.737. The molecule has 1 saturated carbocycles. The molecule has 1 aliphatic heterocycles. The Labute approximate surface area is 167 Å². The van der Waals surface area contributed by atoms with Crippen molar-refractivity contribution in [1.82, 2.24) is 10.3 Å². The average molecular weight is 379 g/mol. The molecule has 5 heteroatoms. The van der Waals surface area contributed by atoms with Gasteiger partial charge in [-0.3, -0.25) is 4.79 Å². The van der Waals surface area contributed by atoms with Crippen LogP contribution in [0, 0.1) is 0 Å². The van der Waals surface area contributed by atoms with Gasteiger partial charge in [0.2, 0.25) is 0 Å². The second-order valence-corrected chi connectivity index (χ2v) is 7.96. The Hall–Kier alpha value is -2.56. The predicted molar refractivity (Wildman–Crippen MR) is 114 cm³/mol. The number of benzene rings is 1. The van der Waals surface area contributed by atoms with E-state index in [0.29, 0.717) is 11.6 Å². The highest BCUT2D eigenvalue weighted by atomic mass is 16.1. The van der Waals surface area contributed by atoms with Crippen molar-refractivity contribution in [2.24, 2.45) is 0 Å². The molecule has 2 heterocycles. The molecule has 0 bridgehead atoms. The SMILES string of the molecule is O=C(NC1CCCCCC1)c1ccc(Nc2ccc(N3CCCC3)cc2)nc1. The summed E-state index contributed by atoms with van der Waals surface area (Å²) >= 11 is 0. The first-order valence-electron chi connectivity index (χ1n) is 10.7. The minimum absolute atomic E-state index is 0.0130. The highest BCUT2D eigenvalue weighted by molar-refractivity contribution is 5.94. The number of hydrogen-bond acceptors (Lipinski definition) is 4. The van der Waals surface area contributed by atoms with Crippen LogP contribution >= 0.6 is 0 Å². The molecule has 2 aromatic rings. The lowest BCUT2D eigenvalue weighted by molar-refractivity contribution is 0.0933. The van der Waals surface area contributed by atoms with Crippen LogP contribution in [0.5, 0.6) is 0 Å². The Morgan fingerprint density at radius 1 is 0.893 bits per heavy atom. The highest BCUT2D eigenvalue weighted by Gasteiger charge is 2.16. The lowest BCUT2D eigenvalue weighted by Crippen LogP contribution is -2.34. The number of amides is 1. The van der Waals surface area contributed by atoms with Gasteiger partial charge in [0.05, 0.1) is 5.56 Å². The Morgan fingerprint density at radius 3 is 2.25 bits per heavy atom. The summed E-state index contributed by atoms with van der Waals surface area (Å²) < 4.78 is 0. The van der Waals surface area contributed by atoms with E-state index in [1.165, 1.54) is 44.2 Å². The number of nitrogens with zero attached hydrogens (tertiary/aromatic N) is 2. The van der Waals surface area contributed by atoms with E-state index in [0.717, 1.165) is 37.4 Å². The van der Waals surface area contributed by atoms with Crippen LogP contribution in [0.1, 0.15) is 61.7 Å². The van der Waals surface area contributed by atoms with Gasteiger partial charge in [0, 0.05) is 36.7 Å². The molecule has 1 amide bonds. The van der Waals surface area contributed by atoms with E-state index in [4.69, 9.17) is 0 Å². The van der Waals surface area contributed by atoms with Crippen LogP contribution in [0.2, 0.25) is 0 Å². The van der Waals surface area contributed by atoms with Crippen LogP contribution in [0.25, 0.3) is 0 Å². The second kappa shape index (κ2) is 9.09. The molecule has 5 nitrogen and oxygen atoms in total. The Morgan fingerprint density at radius 2 is 1.61 bits per heavy atom. The predicted octanol–water partition coefficient (Wildman–Crippen LogP) is 4.88. The number of nitrogens with one attached hydrogen (secondary N) is 2. The van der Waals surface area contributed by atoms with Crippen LogP contribution in [-0.2, 0) is 0 Å². The van der Waals surface area contributed by atoms with Crippen molar-refractivity contribution in [3.05, 3.63) is 48.2 Å². The largest absolute Gasteiger partial charge is 0.372 e. The molecule has 28 heavy (non-hydrogen) atoms. The first-order chi connectivity index (χ1) is 13.8. The quantitative estimate of drug-likeness (QED) is 0.728. The zero-order chi connectivity index (χ0) is 19.2. The first kappa shape index (κ1) is 18.8. The number of anilines is 3. The van der Waals surface area contributed by atoms with Gasteiger partial charge in [-0.25, -0.2) is 4.98 Å². The highest BCUT2D eigenvalue weighted by Crippen LogP contribution is 2.23. The van der Waals surface area contributed by atoms with E-state index in [1.54, 1.807) is 6.20 Å². The zero-order valence-corrected chi connectivity index (χ0v) is 16.5. The third-order valence-corrected chi connectivity index (χ3v) is 5.83. The Balaban J connectivity index is 1.33. The van der Waals surface area contributed by atoms with Gasteiger partial charge in [0.1, 0.15) is 5.82 Å². The van der Waals surface area contributed by atoms with Crippen LogP contribution in [0.4, 0.5) is 17.2 Å². The molecule has 2 aliphatic rings. The summed E-state index contributed by atoms with van der Waals surface area (Å²) in [5.41, 5.74) is 2.91. The molecule has 1 aliphatic carbocycles. The molecular formula is C23H30N4O. The Bertz CT molecular complexity index is 758. The summed E-state index contributed by atoms with van der Waals surface area (Å²) in [6, 6.07) is 12.5. The van der Waals surface area contributed by atoms with Crippen LogP contribution < -0.4 is 15.5 Å². The summed E-state index contributed by atoms with van der Waals surface area (Å²) in [7, 11) is 0. The minimum atomic E-state index is -0.0130. The van der Waals surface area contributed by atoms with Crippen LogP contribution in [0.15, 0.2) is 42.6 Å². The third-order valence-electron chi connectivity index (χ3n) is 5.83. The van der Waals surface area contributed by atoms with Gasteiger partial charge >= 0.3 is 0 Å². The maximum atomic E-state index is 12.5. The lowest BCUT2D eigenvalue weighted by Gasteiger charge is -2.18. The van der Waals surface area contributed by atoms with E-state index in [9.17, 15) is 4.79 Å². The molecule has 0 spiro atoms. The third kappa shape index (κ3) is 4.83. The zero-order valence-electron chi connectivity index (χ0n) is 16.5. The van der Waals surface area contributed by atoms with Crippen LogP contribution in [0.3, 0.4) is 0 Å². The fourth-order valence-electron chi connectivity index (χ4n) is 4.17. The molecule has 1 aromatic heterocycles. The van der Waals surface area contributed by atoms with Crippen molar-refractivity contribution < 1.29 is 4.79 Å². The molecule has 2 N–H and O–H groups in total. The smallest absolute Gasteiger partial charge is 0.253 e. The van der Waals surface area contributed by atoms with E-state index < -0.39 is 0 Å². The van der Waals surface area contributed by atoms with Gasteiger partial charge in [-0.05, 0) is 62.1 Å². The fraction of sp³-hybridized carbons (Fsp3) is 0.478. The molecule has 2 fully saturated rings. The fourth-order valence-corrected chi connectivity index (χ4v) is 4.17. The van der Waals surface area contributed by atoms with Gasteiger partial charge in [-0.15, -0.1) is 0 Å². The van der Waals surface area contributed by atoms with E-state index in [2.05, 4.69) is 44.8 Å². The Kier molecular flexibility index (Phi) is 6.10. The summed E-state index contributed by atoms with van der Waals surface area (Å²) in [6.45, 7) is 2.30. The number of hydrogen-bond donors (Lipinski definition) is 2. The van der Waals surface area contributed by atoms with Gasteiger partial charge < -0.3 is 15.5 Å². The van der Waals surface area contributed by atoms with Crippen molar-refractivity contribution in [2.75, 3.05) is 23.3 Å². The molecule has 1 saturated heterocycles. The van der Waals surface area contributed by atoms with Crippen molar-refractivity contribution in [3.63, 3.8) is 0 Å². The maximum Gasteiger partial charge on any atom is 0.253 e. The number of aromatic nitrogens is 1. The van der Waals surface area contributed by atoms with Gasteiger partial charge in [-0.1, -0.05) is 25.7 Å². The number of carbonyl (C=O) groups excluding carboxylic acids is 1. The molecule has 0 unspecified atom stereocenters. The topological polar surface area (TPSA) is 57.3 Å².